The van der Waals surface area contributed by atoms with Crippen LogP contribution in [-0.2, 0) is 9.53 Å². The van der Waals surface area contributed by atoms with Crippen molar-refractivity contribution in [2.45, 2.75) is 6.42 Å². The van der Waals surface area contributed by atoms with Crippen molar-refractivity contribution in [1.29, 1.82) is 0 Å². The second-order valence-electron chi connectivity index (χ2n) is 3.24. The molecule has 0 heterocycles. The summed E-state index contributed by atoms with van der Waals surface area (Å²) < 4.78 is 11.1. The smallest absolute Gasteiger partial charge is 0.306 e. The molecule has 1 rings (SSSR count). The molecule has 5 heteroatoms. The summed E-state index contributed by atoms with van der Waals surface area (Å²) in [5.41, 5.74) is 0. The van der Waals surface area contributed by atoms with Gasteiger partial charge in [-0.1, -0.05) is 15.9 Å². The number of hydrogen-bond acceptors (Lipinski definition) is 4. The van der Waals surface area contributed by atoms with E-state index in [0.29, 0.717) is 13.0 Å². The van der Waals surface area contributed by atoms with Crippen LogP contribution in [0.15, 0.2) is 28.7 Å². The number of rotatable bonds is 7. The lowest BCUT2D eigenvalue weighted by atomic mass is 10.3. The maximum absolute atomic E-state index is 10.8. The van der Waals surface area contributed by atoms with Crippen LogP contribution in [0, 0.1) is 0 Å². The standard InChI is InChI=1S/C12H15BrO3S/c1-15-12(14)6-8-17-9-7-16-11-4-2-10(13)3-5-11/h2-5H,6-9H2,1H3. The van der Waals surface area contributed by atoms with Gasteiger partial charge >= 0.3 is 5.97 Å². The summed E-state index contributed by atoms with van der Waals surface area (Å²) in [4.78, 5) is 10.8. The van der Waals surface area contributed by atoms with Gasteiger partial charge in [0, 0.05) is 16.0 Å². The average molecular weight is 319 g/mol. The predicted molar refractivity (Wildman–Crippen MR) is 73.6 cm³/mol. The number of esters is 1. The number of benzene rings is 1. The maximum atomic E-state index is 10.8. The molecule has 0 N–H and O–H groups in total. The van der Waals surface area contributed by atoms with Gasteiger partial charge in [0.15, 0.2) is 0 Å². The molecular weight excluding hydrogens is 304 g/mol. The molecule has 0 spiro atoms. The average Bonchev–Trinajstić information content (AvgIpc) is 2.35. The summed E-state index contributed by atoms with van der Waals surface area (Å²) in [6.45, 7) is 0.646. The van der Waals surface area contributed by atoms with Gasteiger partial charge in [-0.3, -0.25) is 4.79 Å². The van der Waals surface area contributed by atoms with E-state index in [4.69, 9.17) is 4.74 Å². The second-order valence-corrected chi connectivity index (χ2v) is 5.38. The molecule has 94 valence electrons. The lowest BCUT2D eigenvalue weighted by Crippen LogP contribution is -2.04. The Morgan fingerprint density at radius 1 is 1.29 bits per heavy atom. The van der Waals surface area contributed by atoms with E-state index in [2.05, 4.69) is 20.7 Å². The fourth-order valence-electron chi connectivity index (χ4n) is 1.11. The zero-order valence-corrected chi connectivity index (χ0v) is 12.1. The van der Waals surface area contributed by atoms with Gasteiger partial charge in [0.05, 0.1) is 20.1 Å². The van der Waals surface area contributed by atoms with Crippen LogP contribution >= 0.6 is 27.7 Å². The van der Waals surface area contributed by atoms with Crippen LogP contribution in [0.4, 0.5) is 0 Å². The first kappa shape index (κ1) is 14.4. The first-order valence-electron chi connectivity index (χ1n) is 5.25. The Hall–Kier alpha value is -0.680. The number of thioether (sulfide) groups is 1. The Morgan fingerprint density at radius 3 is 2.65 bits per heavy atom. The van der Waals surface area contributed by atoms with E-state index in [-0.39, 0.29) is 5.97 Å². The molecule has 0 radical (unpaired) electrons. The maximum Gasteiger partial charge on any atom is 0.306 e. The molecule has 17 heavy (non-hydrogen) atoms. The summed E-state index contributed by atoms with van der Waals surface area (Å²) in [6, 6.07) is 7.73. The molecule has 0 unspecified atom stereocenters. The Balaban J connectivity index is 2.04. The highest BCUT2D eigenvalue weighted by Gasteiger charge is 1.99. The number of ether oxygens (including phenoxy) is 2. The van der Waals surface area contributed by atoms with E-state index in [1.54, 1.807) is 11.8 Å². The SMILES string of the molecule is COC(=O)CCSCCOc1ccc(Br)cc1. The van der Waals surface area contributed by atoms with Gasteiger partial charge in [-0.2, -0.15) is 11.8 Å². The molecule has 0 saturated carbocycles. The van der Waals surface area contributed by atoms with E-state index < -0.39 is 0 Å². The van der Waals surface area contributed by atoms with Crippen molar-refractivity contribution in [2.24, 2.45) is 0 Å². The van der Waals surface area contributed by atoms with Crippen LogP contribution in [0.2, 0.25) is 0 Å². The number of carbonyl (C=O) groups is 1. The van der Waals surface area contributed by atoms with Crippen LogP contribution in [0.1, 0.15) is 6.42 Å². The van der Waals surface area contributed by atoms with Crippen LogP contribution < -0.4 is 4.74 Å². The molecule has 0 aromatic heterocycles. The third kappa shape index (κ3) is 6.58. The van der Waals surface area contributed by atoms with Crippen molar-refractivity contribution in [3.8, 4) is 5.75 Å². The van der Waals surface area contributed by atoms with Gasteiger partial charge < -0.3 is 9.47 Å². The molecule has 1 aromatic carbocycles. The summed E-state index contributed by atoms with van der Waals surface area (Å²) >= 11 is 5.05. The van der Waals surface area contributed by atoms with E-state index in [1.807, 2.05) is 24.3 Å². The van der Waals surface area contributed by atoms with E-state index in [0.717, 1.165) is 21.7 Å². The van der Waals surface area contributed by atoms with Crippen LogP contribution in [0.5, 0.6) is 5.75 Å². The van der Waals surface area contributed by atoms with Crippen molar-refractivity contribution in [3.63, 3.8) is 0 Å². The molecule has 0 atom stereocenters. The Labute approximate surface area is 114 Å². The van der Waals surface area contributed by atoms with Gasteiger partial charge in [0.25, 0.3) is 0 Å². The zero-order chi connectivity index (χ0) is 12.5. The van der Waals surface area contributed by atoms with E-state index in [1.165, 1.54) is 7.11 Å². The topological polar surface area (TPSA) is 35.5 Å². The minimum absolute atomic E-state index is 0.161. The number of methoxy groups -OCH3 is 1. The third-order valence-corrected chi connectivity index (χ3v) is 3.47. The normalized spacial score (nSPS) is 10.0. The van der Waals surface area contributed by atoms with Gasteiger partial charge in [-0.15, -0.1) is 0 Å². The fourth-order valence-corrected chi connectivity index (χ4v) is 2.09. The predicted octanol–water partition coefficient (Wildman–Crippen LogP) is 3.12. The fraction of sp³-hybridized carbons (Fsp3) is 0.417. The highest BCUT2D eigenvalue weighted by Crippen LogP contribution is 2.16. The van der Waals surface area contributed by atoms with Crippen LogP contribution in [-0.4, -0.2) is 31.2 Å². The largest absolute Gasteiger partial charge is 0.493 e. The van der Waals surface area contributed by atoms with Crippen molar-refractivity contribution >= 4 is 33.7 Å². The van der Waals surface area contributed by atoms with Crippen LogP contribution in [0.3, 0.4) is 0 Å². The number of halogens is 1. The van der Waals surface area contributed by atoms with E-state index in [9.17, 15) is 4.79 Å². The van der Waals surface area contributed by atoms with E-state index >= 15 is 0 Å². The highest BCUT2D eigenvalue weighted by molar-refractivity contribution is 9.10. The van der Waals surface area contributed by atoms with Crippen molar-refractivity contribution in [3.05, 3.63) is 28.7 Å². The molecule has 0 amide bonds. The summed E-state index contributed by atoms with van der Waals surface area (Å²) in [7, 11) is 1.41. The first-order valence-corrected chi connectivity index (χ1v) is 7.20. The van der Waals surface area contributed by atoms with Crippen molar-refractivity contribution in [2.75, 3.05) is 25.2 Å². The Morgan fingerprint density at radius 2 is 2.00 bits per heavy atom. The monoisotopic (exact) mass is 318 g/mol. The zero-order valence-electron chi connectivity index (χ0n) is 9.65. The minimum Gasteiger partial charge on any atom is -0.493 e. The molecule has 0 saturated heterocycles. The van der Waals surface area contributed by atoms with Gasteiger partial charge in [-0.05, 0) is 24.3 Å². The lowest BCUT2D eigenvalue weighted by molar-refractivity contribution is -0.140. The second kappa shape index (κ2) is 8.42. The molecule has 0 aliphatic carbocycles. The quantitative estimate of drug-likeness (QED) is 0.571. The van der Waals surface area contributed by atoms with Crippen molar-refractivity contribution in [1.82, 2.24) is 0 Å². The molecule has 0 bridgehead atoms. The Bertz CT molecular complexity index is 340. The summed E-state index contributed by atoms with van der Waals surface area (Å²) in [5.74, 6) is 2.34. The third-order valence-electron chi connectivity index (χ3n) is 1.99. The molecule has 3 nitrogen and oxygen atoms in total. The van der Waals surface area contributed by atoms with Gasteiger partial charge in [-0.25, -0.2) is 0 Å². The molecule has 1 aromatic rings. The van der Waals surface area contributed by atoms with Crippen molar-refractivity contribution < 1.29 is 14.3 Å². The molecule has 0 fully saturated rings. The summed E-state index contributed by atoms with van der Waals surface area (Å²) in [5, 5.41) is 0. The lowest BCUT2D eigenvalue weighted by Gasteiger charge is -2.05. The minimum atomic E-state index is -0.161. The molecule has 0 aliphatic rings. The molecule has 0 aliphatic heterocycles. The number of carbonyl (C=O) groups excluding carboxylic acids is 1. The van der Waals surface area contributed by atoms with Gasteiger partial charge in [0.1, 0.15) is 5.75 Å². The highest BCUT2D eigenvalue weighted by atomic mass is 79.9. The summed E-state index contributed by atoms with van der Waals surface area (Å²) in [6.07, 6.45) is 0.458. The number of hydrogen-bond donors (Lipinski definition) is 0. The first-order chi connectivity index (χ1) is 8.22. The molecular formula is C12H15BrO3S. The Kier molecular flexibility index (Phi) is 7.12. The van der Waals surface area contributed by atoms with Gasteiger partial charge in [0.2, 0.25) is 0 Å². The van der Waals surface area contributed by atoms with Crippen LogP contribution in [0.25, 0.3) is 0 Å².